The number of ketones is 2. The van der Waals surface area contributed by atoms with Crippen molar-refractivity contribution >= 4 is 35.5 Å². The molecule has 1 heterocycles. The van der Waals surface area contributed by atoms with Crippen LogP contribution in [0.1, 0.15) is 25.3 Å². The normalized spacial score (nSPS) is 26.7. The van der Waals surface area contributed by atoms with E-state index in [1.54, 1.807) is 31.2 Å². The first-order valence-electron chi connectivity index (χ1n) is 12.1. The maximum Gasteiger partial charge on any atom is 0.328 e. The summed E-state index contributed by atoms with van der Waals surface area (Å²) < 4.78 is 10.5. The molecular formula is C28H26N2O8. The minimum absolute atomic E-state index is 0.106. The summed E-state index contributed by atoms with van der Waals surface area (Å²) in [6, 6.07) is 2.06. The zero-order chi connectivity index (χ0) is 27.5. The molecule has 3 aliphatic carbocycles. The Labute approximate surface area is 218 Å². The second-order valence-electron chi connectivity index (χ2n) is 9.76. The van der Waals surface area contributed by atoms with Gasteiger partial charge < -0.3 is 20.3 Å². The molecule has 10 heteroatoms. The maximum absolute atomic E-state index is 13.2. The molecule has 10 nitrogen and oxygen atoms in total. The van der Waals surface area contributed by atoms with Gasteiger partial charge in [-0.25, -0.2) is 4.79 Å². The van der Waals surface area contributed by atoms with Gasteiger partial charge in [-0.2, -0.15) is 4.90 Å². The molecule has 0 spiro atoms. The third-order valence-electron chi connectivity index (χ3n) is 7.81. The minimum atomic E-state index is -1.12. The summed E-state index contributed by atoms with van der Waals surface area (Å²) in [5.74, 6) is -4.50. The fraction of sp³-hybridized carbons (Fsp3) is 0.321. The van der Waals surface area contributed by atoms with Gasteiger partial charge in [0, 0.05) is 22.6 Å². The zero-order valence-corrected chi connectivity index (χ0v) is 21.0. The number of amides is 4. The molecule has 196 valence electrons. The second kappa shape index (κ2) is 9.13. The molecule has 1 aromatic rings. The fourth-order valence-electron chi connectivity index (χ4n) is 6.09. The van der Waals surface area contributed by atoms with Crippen molar-refractivity contribution in [3.63, 3.8) is 0 Å². The van der Waals surface area contributed by atoms with Crippen LogP contribution >= 0.6 is 0 Å². The van der Waals surface area contributed by atoms with E-state index in [9.17, 15) is 29.1 Å². The largest absolute Gasteiger partial charge is 0.502 e. The van der Waals surface area contributed by atoms with Gasteiger partial charge in [0.15, 0.2) is 23.1 Å². The van der Waals surface area contributed by atoms with E-state index in [0.29, 0.717) is 27.2 Å². The molecule has 4 amide bonds. The highest BCUT2D eigenvalue weighted by molar-refractivity contribution is 6.23. The summed E-state index contributed by atoms with van der Waals surface area (Å²) in [5.41, 5.74) is 7.61. The monoisotopic (exact) mass is 518 g/mol. The average molecular weight is 519 g/mol. The SMILES string of the molecule is COc1cc(C=CC2C3=CCC4C(=O)N(C(N)=O)C(=O)C4C3CC3=C2C(=O)C=C(C)C3=O)cc(OC)c1O. The number of phenols is 1. The van der Waals surface area contributed by atoms with Gasteiger partial charge in [0.05, 0.1) is 26.1 Å². The molecule has 3 N–H and O–H groups in total. The van der Waals surface area contributed by atoms with E-state index in [2.05, 4.69) is 0 Å². The molecule has 4 unspecified atom stereocenters. The molecule has 0 aromatic heterocycles. The van der Waals surface area contributed by atoms with E-state index in [-0.39, 0.29) is 41.7 Å². The van der Waals surface area contributed by atoms with Crippen molar-refractivity contribution in [3.8, 4) is 17.2 Å². The maximum atomic E-state index is 13.2. The molecule has 4 aliphatic rings. The van der Waals surface area contributed by atoms with Crippen LogP contribution in [0, 0.1) is 23.7 Å². The Kier molecular flexibility index (Phi) is 6.05. The van der Waals surface area contributed by atoms with E-state index < -0.39 is 41.5 Å². The number of likely N-dealkylation sites (tertiary alicyclic amines) is 1. The van der Waals surface area contributed by atoms with Crippen molar-refractivity contribution in [2.45, 2.75) is 19.8 Å². The van der Waals surface area contributed by atoms with Gasteiger partial charge >= 0.3 is 6.03 Å². The van der Waals surface area contributed by atoms with E-state index >= 15 is 0 Å². The third-order valence-corrected chi connectivity index (χ3v) is 7.81. The van der Waals surface area contributed by atoms with Crippen LogP contribution in [-0.2, 0) is 19.2 Å². The van der Waals surface area contributed by atoms with Gasteiger partial charge in [0.25, 0.3) is 0 Å². The highest BCUT2D eigenvalue weighted by atomic mass is 16.5. The molecule has 1 fully saturated rings. The second-order valence-corrected chi connectivity index (χ2v) is 9.76. The van der Waals surface area contributed by atoms with Crippen molar-refractivity contribution in [1.82, 2.24) is 4.90 Å². The number of nitrogens with two attached hydrogens (primary N) is 1. The van der Waals surface area contributed by atoms with Gasteiger partial charge in [-0.1, -0.05) is 23.8 Å². The topological polar surface area (TPSA) is 153 Å². The van der Waals surface area contributed by atoms with Crippen molar-refractivity contribution in [1.29, 1.82) is 0 Å². The van der Waals surface area contributed by atoms with Crippen molar-refractivity contribution in [3.05, 3.63) is 58.2 Å². The van der Waals surface area contributed by atoms with E-state index in [1.165, 1.54) is 20.3 Å². The molecule has 1 aromatic carbocycles. The predicted molar refractivity (Wildman–Crippen MR) is 134 cm³/mol. The number of ether oxygens (including phenoxy) is 2. The van der Waals surface area contributed by atoms with Crippen molar-refractivity contribution < 1.29 is 38.6 Å². The van der Waals surface area contributed by atoms with Gasteiger partial charge in [-0.05, 0) is 49.5 Å². The van der Waals surface area contributed by atoms with E-state index in [0.717, 1.165) is 5.57 Å². The number of carbonyl (C=O) groups is 5. The predicted octanol–water partition coefficient (Wildman–Crippen LogP) is 2.46. The molecule has 5 rings (SSSR count). The molecule has 38 heavy (non-hydrogen) atoms. The number of hydrogen-bond donors (Lipinski definition) is 2. The van der Waals surface area contributed by atoms with Gasteiger partial charge in [-0.15, -0.1) is 0 Å². The number of hydrogen-bond acceptors (Lipinski definition) is 8. The van der Waals surface area contributed by atoms with Crippen LogP contribution < -0.4 is 15.2 Å². The summed E-state index contributed by atoms with van der Waals surface area (Å²) in [6.45, 7) is 1.57. The molecular weight excluding hydrogens is 492 g/mol. The number of rotatable bonds is 4. The summed E-state index contributed by atoms with van der Waals surface area (Å²) >= 11 is 0. The van der Waals surface area contributed by atoms with Crippen LogP contribution in [0.2, 0.25) is 0 Å². The van der Waals surface area contributed by atoms with Crippen LogP contribution in [-0.4, -0.2) is 53.6 Å². The molecule has 0 radical (unpaired) electrons. The lowest BCUT2D eigenvalue weighted by molar-refractivity contribution is -0.136. The Bertz CT molecular complexity index is 1420. The number of carbonyl (C=O) groups excluding carboxylic acids is 5. The first-order chi connectivity index (χ1) is 18.1. The molecule has 0 saturated carbocycles. The fourth-order valence-corrected chi connectivity index (χ4v) is 6.09. The van der Waals surface area contributed by atoms with Crippen molar-refractivity contribution in [2.24, 2.45) is 29.4 Å². The van der Waals surface area contributed by atoms with Crippen LogP contribution in [0.15, 0.2) is 52.7 Å². The van der Waals surface area contributed by atoms with Crippen LogP contribution in [0.25, 0.3) is 6.08 Å². The summed E-state index contributed by atoms with van der Waals surface area (Å²) in [6.07, 6.45) is 6.94. The number of fused-ring (bicyclic) bond motifs is 3. The lowest BCUT2D eigenvalue weighted by atomic mass is 9.60. The lowest BCUT2D eigenvalue weighted by Gasteiger charge is -2.41. The highest BCUT2D eigenvalue weighted by Gasteiger charge is 2.57. The van der Waals surface area contributed by atoms with Crippen LogP contribution in [0.5, 0.6) is 17.2 Å². The summed E-state index contributed by atoms with van der Waals surface area (Å²) in [4.78, 5) is 64.8. The Balaban J connectivity index is 1.62. The van der Waals surface area contributed by atoms with Gasteiger partial charge in [-0.3, -0.25) is 19.2 Å². The lowest BCUT2D eigenvalue weighted by Crippen LogP contribution is -2.42. The number of nitrogens with zero attached hydrogens (tertiary/aromatic N) is 1. The highest BCUT2D eigenvalue weighted by Crippen LogP contribution is 2.52. The molecule has 0 bridgehead atoms. The number of primary amides is 1. The Hall–Kier alpha value is -4.47. The van der Waals surface area contributed by atoms with Gasteiger partial charge in [0.2, 0.25) is 17.6 Å². The smallest absolute Gasteiger partial charge is 0.328 e. The standard InChI is InChI=1S/C28H26N2O8/c1-12-8-19(31)22-15(5-4-13-9-20(37-2)25(33)21(10-13)38-3)14-6-7-16-23(17(14)11-18(22)24(12)32)27(35)30(26(16)34)28(29)36/h4-6,8-10,15-17,23,33H,7,11H2,1-3H3,(H2,29,36). The quantitative estimate of drug-likeness (QED) is 0.350. The first-order valence-corrected chi connectivity index (χ1v) is 12.1. The number of phenolic OH excluding ortho intramolecular Hbond substituents is 1. The number of urea groups is 1. The molecule has 1 aliphatic heterocycles. The Morgan fingerprint density at radius 1 is 1.08 bits per heavy atom. The number of methoxy groups -OCH3 is 2. The number of aromatic hydroxyl groups is 1. The summed E-state index contributed by atoms with van der Waals surface area (Å²) in [7, 11) is 2.81. The van der Waals surface area contributed by atoms with Gasteiger partial charge in [0.1, 0.15) is 0 Å². The van der Waals surface area contributed by atoms with Crippen molar-refractivity contribution in [2.75, 3.05) is 14.2 Å². The Morgan fingerprint density at radius 3 is 2.34 bits per heavy atom. The summed E-state index contributed by atoms with van der Waals surface area (Å²) in [5, 5.41) is 10.2. The average Bonchev–Trinajstić information content (AvgIpc) is 3.15. The van der Waals surface area contributed by atoms with E-state index in [4.69, 9.17) is 15.2 Å². The first kappa shape index (κ1) is 25.2. The number of allylic oxidation sites excluding steroid dienone is 7. The van der Waals surface area contributed by atoms with Crippen LogP contribution in [0.3, 0.4) is 0 Å². The Morgan fingerprint density at radius 2 is 1.74 bits per heavy atom. The number of benzene rings is 1. The van der Waals surface area contributed by atoms with E-state index in [1.807, 2.05) is 6.08 Å². The van der Waals surface area contributed by atoms with Crippen LogP contribution in [0.4, 0.5) is 4.79 Å². The molecule has 1 saturated heterocycles. The molecule has 4 atom stereocenters. The minimum Gasteiger partial charge on any atom is -0.502 e. The zero-order valence-electron chi connectivity index (χ0n) is 21.0. The number of Topliss-reactive ketones (excluding diaryl/α,β-unsaturated/α-hetero) is 1. The third kappa shape index (κ3) is 3.67. The number of imide groups is 3.